The lowest BCUT2D eigenvalue weighted by Gasteiger charge is -2.10. The van der Waals surface area contributed by atoms with Crippen molar-refractivity contribution >= 4 is 17.3 Å². The summed E-state index contributed by atoms with van der Waals surface area (Å²) < 4.78 is 24.9. The Morgan fingerprint density at radius 2 is 2.06 bits per heavy atom. The van der Waals surface area contributed by atoms with Crippen molar-refractivity contribution in [1.82, 2.24) is 9.97 Å². The molecule has 7 heteroatoms. The van der Waals surface area contributed by atoms with Crippen LogP contribution in [0.1, 0.15) is 54.4 Å². The van der Waals surface area contributed by atoms with Crippen LogP contribution in [0.15, 0.2) is 36.5 Å². The van der Waals surface area contributed by atoms with Crippen molar-refractivity contribution in [3.8, 4) is 16.3 Å². The molecule has 1 aliphatic carbocycles. The summed E-state index contributed by atoms with van der Waals surface area (Å²) >= 11 is 1.67. The number of hydrogen-bond acceptors (Lipinski definition) is 6. The van der Waals surface area contributed by atoms with Crippen molar-refractivity contribution in [2.24, 2.45) is 0 Å². The summed E-state index contributed by atoms with van der Waals surface area (Å²) in [7, 11) is 0. The first-order valence-electron chi connectivity index (χ1n) is 11.1. The van der Waals surface area contributed by atoms with Gasteiger partial charge in [0.15, 0.2) is 0 Å². The molecule has 0 bridgehead atoms. The summed E-state index contributed by atoms with van der Waals surface area (Å²) in [6, 6.07) is 8.55. The molecule has 4 rings (SSSR count). The number of thiazole rings is 1. The maximum Gasteiger partial charge on any atom is 0.305 e. The van der Waals surface area contributed by atoms with E-state index in [1.54, 1.807) is 36.6 Å². The Kier molecular flexibility index (Phi) is 7.47. The van der Waals surface area contributed by atoms with E-state index >= 15 is 0 Å². The highest BCUT2D eigenvalue weighted by Crippen LogP contribution is 2.35. The first-order valence-corrected chi connectivity index (χ1v) is 11.9. The third kappa shape index (κ3) is 5.71. The van der Waals surface area contributed by atoms with Gasteiger partial charge in [0, 0.05) is 22.6 Å². The molecule has 2 heterocycles. The van der Waals surface area contributed by atoms with Crippen LogP contribution < -0.4 is 4.74 Å². The van der Waals surface area contributed by atoms with Gasteiger partial charge < -0.3 is 9.47 Å². The van der Waals surface area contributed by atoms with Crippen LogP contribution in [-0.2, 0) is 35.4 Å². The number of carbonyl (C=O) groups is 1. The van der Waals surface area contributed by atoms with Gasteiger partial charge in [0.2, 0.25) is 0 Å². The van der Waals surface area contributed by atoms with Gasteiger partial charge in [-0.15, -0.1) is 11.3 Å². The Morgan fingerprint density at radius 1 is 1.19 bits per heavy atom. The van der Waals surface area contributed by atoms with Crippen LogP contribution in [0.2, 0.25) is 0 Å². The predicted octanol–water partition coefficient (Wildman–Crippen LogP) is 5.69. The van der Waals surface area contributed by atoms with Crippen LogP contribution in [0.3, 0.4) is 0 Å². The minimum Gasteiger partial charge on any atom is -0.487 e. The molecule has 5 nitrogen and oxygen atoms in total. The zero-order valence-corrected chi connectivity index (χ0v) is 19.0. The van der Waals surface area contributed by atoms with Crippen LogP contribution in [0, 0.1) is 5.82 Å². The van der Waals surface area contributed by atoms with E-state index in [9.17, 15) is 9.18 Å². The number of rotatable bonds is 9. The maximum atomic E-state index is 14.0. The lowest BCUT2D eigenvalue weighted by Crippen LogP contribution is -2.04. The molecule has 1 aliphatic rings. The molecule has 168 valence electrons. The molecule has 0 N–H and O–H groups in total. The average molecular weight is 455 g/mol. The van der Waals surface area contributed by atoms with Gasteiger partial charge in [0.1, 0.15) is 23.2 Å². The molecule has 3 aromatic rings. The van der Waals surface area contributed by atoms with E-state index in [4.69, 9.17) is 14.5 Å². The van der Waals surface area contributed by atoms with Gasteiger partial charge in [0.05, 0.1) is 18.5 Å². The highest BCUT2D eigenvalue weighted by atomic mass is 32.1. The summed E-state index contributed by atoms with van der Waals surface area (Å²) in [5.41, 5.74) is 3.76. The predicted molar refractivity (Wildman–Crippen MR) is 122 cm³/mol. The zero-order valence-electron chi connectivity index (χ0n) is 18.2. The number of benzene rings is 1. The molecular weight excluding hydrogens is 427 g/mol. The average Bonchev–Trinajstić information content (AvgIpc) is 3.23. The minimum atomic E-state index is -0.272. The number of fused-ring (bicyclic) bond motifs is 1. The number of halogens is 1. The van der Waals surface area contributed by atoms with Crippen LogP contribution in [0.5, 0.6) is 5.75 Å². The zero-order chi connectivity index (χ0) is 22.3. The fraction of sp³-hybridized carbons (Fsp3) is 0.400. The number of ether oxygens (including phenoxy) is 2. The standard InChI is InChI=1S/C25H27FN2O3S/c1-2-30-24(29)9-5-6-19-12-13-20(15-27-19)31-16-17-10-11-18(26)14-21(17)25-28-22-7-3-4-8-23(22)32-25/h10-15H,2-9,16H2,1H3. The number of pyridine rings is 1. The summed E-state index contributed by atoms with van der Waals surface area (Å²) in [4.78, 5) is 22.0. The number of nitrogens with zero attached hydrogens (tertiary/aromatic N) is 2. The van der Waals surface area contributed by atoms with Crippen LogP contribution in [0.25, 0.3) is 10.6 Å². The summed E-state index contributed by atoms with van der Waals surface area (Å²) in [5, 5.41) is 0.866. The molecule has 32 heavy (non-hydrogen) atoms. The lowest BCUT2D eigenvalue weighted by atomic mass is 10.0. The summed E-state index contributed by atoms with van der Waals surface area (Å²) in [6.07, 6.45) is 7.91. The van der Waals surface area contributed by atoms with E-state index < -0.39 is 0 Å². The van der Waals surface area contributed by atoms with Gasteiger partial charge in [0.25, 0.3) is 0 Å². The lowest BCUT2D eigenvalue weighted by molar-refractivity contribution is -0.143. The quantitative estimate of drug-likeness (QED) is 0.389. The molecule has 0 fully saturated rings. The fourth-order valence-corrected chi connectivity index (χ4v) is 4.99. The number of hydrogen-bond donors (Lipinski definition) is 0. The van der Waals surface area contributed by atoms with Crippen molar-refractivity contribution in [2.45, 2.75) is 58.5 Å². The molecule has 1 aromatic carbocycles. The van der Waals surface area contributed by atoms with Crippen molar-refractivity contribution in [2.75, 3.05) is 6.61 Å². The first-order chi connectivity index (χ1) is 15.6. The van der Waals surface area contributed by atoms with Gasteiger partial charge in [-0.25, -0.2) is 9.37 Å². The normalized spacial score (nSPS) is 12.9. The third-order valence-electron chi connectivity index (χ3n) is 5.46. The smallest absolute Gasteiger partial charge is 0.305 e. The van der Waals surface area contributed by atoms with Gasteiger partial charge in [-0.2, -0.15) is 0 Å². The number of aromatic nitrogens is 2. The van der Waals surface area contributed by atoms with E-state index in [2.05, 4.69) is 4.98 Å². The van der Waals surface area contributed by atoms with E-state index in [-0.39, 0.29) is 11.8 Å². The molecule has 0 unspecified atom stereocenters. The van der Waals surface area contributed by atoms with Crippen molar-refractivity contribution in [1.29, 1.82) is 0 Å². The molecule has 0 spiro atoms. The molecule has 2 aromatic heterocycles. The second kappa shape index (κ2) is 10.7. The SMILES string of the molecule is CCOC(=O)CCCc1ccc(OCc2ccc(F)cc2-c2nc3c(s2)CCCC3)cn1. The van der Waals surface area contributed by atoms with Crippen LogP contribution in [0.4, 0.5) is 4.39 Å². The van der Waals surface area contributed by atoms with Crippen molar-refractivity contribution in [3.05, 3.63) is 64.2 Å². The Morgan fingerprint density at radius 3 is 2.84 bits per heavy atom. The monoisotopic (exact) mass is 454 g/mol. The molecule has 0 saturated heterocycles. The van der Waals surface area contributed by atoms with Gasteiger partial charge >= 0.3 is 5.97 Å². The molecular formula is C25H27FN2O3S. The second-order valence-corrected chi connectivity index (χ2v) is 8.91. The summed E-state index contributed by atoms with van der Waals surface area (Å²) in [6.45, 7) is 2.52. The Balaban J connectivity index is 1.39. The van der Waals surface area contributed by atoms with E-state index in [0.717, 1.165) is 40.4 Å². The Hall–Kier alpha value is -2.80. The largest absolute Gasteiger partial charge is 0.487 e. The maximum absolute atomic E-state index is 14.0. The highest BCUT2D eigenvalue weighted by Gasteiger charge is 2.18. The Bertz CT molecular complexity index is 1040. The number of aryl methyl sites for hydroxylation is 3. The van der Waals surface area contributed by atoms with Crippen LogP contribution >= 0.6 is 11.3 Å². The highest BCUT2D eigenvalue weighted by molar-refractivity contribution is 7.15. The Labute approximate surface area is 191 Å². The first kappa shape index (κ1) is 22.4. The van der Waals surface area contributed by atoms with Crippen molar-refractivity contribution in [3.63, 3.8) is 0 Å². The molecule has 0 aliphatic heterocycles. The van der Waals surface area contributed by atoms with Gasteiger partial charge in [-0.1, -0.05) is 6.07 Å². The molecule has 0 saturated carbocycles. The minimum absolute atomic E-state index is 0.177. The molecule has 0 atom stereocenters. The second-order valence-electron chi connectivity index (χ2n) is 7.83. The third-order valence-corrected chi connectivity index (χ3v) is 6.65. The number of esters is 1. The molecule has 0 radical (unpaired) electrons. The molecule has 0 amide bonds. The van der Waals surface area contributed by atoms with E-state index in [1.165, 1.54) is 23.8 Å². The van der Waals surface area contributed by atoms with Crippen LogP contribution in [-0.4, -0.2) is 22.5 Å². The van der Waals surface area contributed by atoms with E-state index in [1.807, 2.05) is 12.1 Å². The number of carbonyl (C=O) groups excluding carboxylic acids is 1. The van der Waals surface area contributed by atoms with E-state index in [0.29, 0.717) is 38.2 Å². The topological polar surface area (TPSA) is 61.3 Å². The van der Waals surface area contributed by atoms with Crippen molar-refractivity contribution < 1.29 is 18.7 Å². The summed E-state index contributed by atoms with van der Waals surface area (Å²) in [5.74, 6) is 0.197. The van der Waals surface area contributed by atoms with Gasteiger partial charge in [-0.05, 0) is 75.3 Å². The van der Waals surface area contributed by atoms with Gasteiger partial charge in [-0.3, -0.25) is 9.78 Å². The fourth-order valence-electron chi connectivity index (χ4n) is 3.79.